The van der Waals surface area contributed by atoms with Crippen molar-refractivity contribution in [3.8, 4) is 5.75 Å². The van der Waals surface area contributed by atoms with Crippen molar-refractivity contribution >= 4 is 9.84 Å². The van der Waals surface area contributed by atoms with E-state index < -0.39 is 9.84 Å². The zero-order valence-electron chi connectivity index (χ0n) is 14.0. The second-order valence-electron chi connectivity index (χ2n) is 5.44. The molecule has 8 heteroatoms. The van der Waals surface area contributed by atoms with Crippen LogP contribution in [0.2, 0.25) is 0 Å². The fraction of sp³-hybridized carbons (Fsp3) is 0.500. The summed E-state index contributed by atoms with van der Waals surface area (Å²) in [5.41, 5.74) is 0.973. The van der Waals surface area contributed by atoms with E-state index in [-0.39, 0.29) is 23.3 Å². The predicted octanol–water partition coefficient (Wildman–Crippen LogP) is 1.60. The zero-order valence-corrected chi connectivity index (χ0v) is 14.8. The van der Waals surface area contributed by atoms with Crippen molar-refractivity contribution in [2.45, 2.75) is 44.5 Å². The summed E-state index contributed by atoms with van der Waals surface area (Å²) in [6, 6.07) is 7.56. The van der Waals surface area contributed by atoms with E-state index in [9.17, 15) is 13.5 Å². The molecule has 0 aliphatic rings. The quantitative estimate of drug-likeness (QED) is 0.736. The number of hydrogen-bond donors (Lipinski definition) is 1. The number of rotatable bonds is 9. The molecule has 1 heterocycles. The van der Waals surface area contributed by atoms with Crippen molar-refractivity contribution in [1.82, 2.24) is 14.8 Å². The van der Waals surface area contributed by atoms with Gasteiger partial charge < -0.3 is 9.84 Å². The normalized spacial score (nSPS) is 11.6. The largest absolute Gasteiger partial charge is 0.496 e. The Bertz CT molecular complexity index is 771. The van der Waals surface area contributed by atoms with Gasteiger partial charge in [0.25, 0.3) is 0 Å². The van der Waals surface area contributed by atoms with Crippen LogP contribution in [0.25, 0.3) is 0 Å². The first-order valence-electron chi connectivity index (χ1n) is 7.91. The number of aliphatic hydroxyl groups is 1. The second-order valence-corrected chi connectivity index (χ2v) is 7.45. The van der Waals surface area contributed by atoms with E-state index in [1.54, 1.807) is 7.11 Å². The maximum atomic E-state index is 12.6. The lowest BCUT2D eigenvalue weighted by Crippen LogP contribution is -2.16. The Morgan fingerprint density at radius 3 is 2.67 bits per heavy atom. The van der Waals surface area contributed by atoms with E-state index in [0.717, 1.165) is 17.7 Å². The average molecular weight is 353 g/mol. The van der Waals surface area contributed by atoms with Crippen LogP contribution in [0.5, 0.6) is 5.75 Å². The van der Waals surface area contributed by atoms with Gasteiger partial charge in [0.1, 0.15) is 12.4 Å². The molecule has 0 amide bonds. The Morgan fingerprint density at radius 1 is 1.25 bits per heavy atom. The number of ether oxygens (including phenoxy) is 1. The van der Waals surface area contributed by atoms with Crippen LogP contribution < -0.4 is 4.74 Å². The highest BCUT2D eigenvalue weighted by molar-refractivity contribution is 7.91. The summed E-state index contributed by atoms with van der Waals surface area (Å²) < 4.78 is 31.9. The molecule has 0 bridgehead atoms. The molecule has 0 fully saturated rings. The first-order chi connectivity index (χ1) is 11.5. The summed E-state index contributed by atoms with van der Waals surface area (Å²) >= 11 is 0. The molecule has 132 valence electrons. The van der Waals surface area contributed by atoms with Gasteiger partial charge in [-0.2, -0.15) is 0 Å². The van der Waals surface area contributed by atoms with Crippen molar-refractivity contribution in [2.75, 3.05) is 12.9 Å². The Labute approximate surface area is 142 Å². The minimum atomic E-state index is -3.55. The fourth-order valence-electron chi connectivity index (χ4n) is 2.57. The lowest BCUT2D eigenvalue weighted by Gasteiger charge is -2.10. The topological polar surface area (TPSA) is 94.3 Å². The number of hydrogen-bond acceptors (Lipinski definition) is 6. The zero-order chi connectivity index (χ0) is 17.6. The number of aliphatic hydroxyl groups excluding tert-OH is 1. The molecule has 0 aliphatic carbocycles. The Hall–Kier alpha value is -1.93. The highest BCUT2D eigenvalue weighted by Gasteiger charge is 2.24. The molecule has 2 rings (SSSR count). The number of methoxy groups -OCH3 is 1. The smallest absolute Gasteiger partial charge is 0.249 e. The minimum Gasteiger partial charge on any atom is -0.496 e. The van der Waals surface area contributed by atoms with Gasteiger partial charge in [0.05, 0.1) is 12.9 Å². The van der Waals surface area contributed by atoms with Crippen LogP contribution in [0, 0.1) is 0 Å². The number of aryl methyl sites for hydroxylation is 1. The van der Waals surface area contributed by atoms with Crippen LogP contribution in [0.15, 0.2) is 29.4 Å². The third-order valence-electron chi connectivity index (χ3n) is 3.71. The van der Waals surface area contributed by atoms with E-state index in [1.165, 1.54) is 4.57 Å². The van der Waals surface area contributed by atoms with E-state index in [0.29, 0.717) is 19.4 Å². The first kappa shape index (κ1) is 18.4. The van der Waals surface area contributed by atoms with Crippen molar-refractivity contribution in [3.63, 3.8) is 0 Å². The lowest BCUT2D eigenvalue weighted by atomic mass is 10.1. The van der Waals surface area contributed by atoms with Crippen molar-refractivity contribution in [1.29, 1.82) is 0 Å². The minimum absolute atomic E-state index is 0.0294. The van der Waals surface area contributed by atoms with Gasteiger partial charge in [0.2, 0.25) is 15.0 Å². The Kier molecular flexibility index (Phi) is 6.33. The summed E-state index contributed by atoms with van der Waals surface area (Å²) in [5, 5.41) is 16.8. The number of para-hydroxylation sites is 1. The number of nitrogens with zero attached hydrogens (tertiary/aromatic N) is 3. The first-order valence-corrected chi connectivity index (χ1v) is 9.56. The summed E-state index contributed by atoms with van der Waals surface area (Å²) in [4.78, 5) is 0. The maximum Gasteiger partial charge on any atom is 0.249 e. The molecule has 1 aromatic carbocycles. The number of sulfone groups is 1. The lowest BCUT2D eigenvalue weighted by molar-refractivity contribution is 0.263. The monoisotopic (exact) mass is 353 g/mol. The summed E-state index contributed by atoms with van der Waals surface area (Å²) in [6.07, 6.45) is 1.78. The highest BCUT2D eigenvalue weighted by Crippen LogP contribution is 2.20. The number of aromatic nitrogens is 3. The third-order valence-corrected chi connectivity index (χ3v) is 5.40. The van der Waals surface area contributed by atoms with Gasteiger partial charge in [-0.15, -0.1) is 10.2 Å². The Morgan fingerprint density at radius 2 is 2.00 bits per heavy atom. The molecule has 1 N–H and O–H groups in total. The van der Waals surface area contributed by atoms with Gasteiger partial charge in [-0.05, 0) is 30.9 Å². The molecule has 7 nitrogen and oxygen atoms in total. The molecular weight excluding hydrogens is 330 g/mol. The van der Waals surface area contributed by atoms with Gasteiger partial charge in [0, 0.05) is 6.54 Å². The van der Waals surface area contributed by atoms with Gasteiger partial charge in [-0.25, -0.2) is 8.42 Å². The van der Waals surface area contributed by atoms with Crippen LogP contribution >= 0.6 is 0 Å². The molecule has 0 atom stereocenters. The van der Waals surface area contributed by atoms with Gasteiger partial charge in [-0.3, -0.25) is 4.57 Å². The molecule has 0 spiro atoms. The van der Waals surface area contributed by atoms with Gasteiger partial charge in [-0.1, -0.05) is 25.1 Å². The molecule has 24 heavy (non-hydrogen) atoms. The Balaban J connectivity index is 2.10. The van der Waals surface area contributed by atoms with Crippen LogP contribution in [0.4, 0.5) is 0 Å². The third kappa shape index (κ3) is 4.12. The molecule has 0 aliphatic heterocycles. The SMILES string of the molecule is CCCn1c(CO)nnc1S(=O)(=O)CCCc1ccccc1OC. The van der Waals surface area contributed by atoms with Gasteiger partial charge in [0.15, 0.2) is 5.82 Å². The van der Waals surface area contributed by atoms with E-state index in [1.807, 2.05) is 31.2 Å². The van der Waals surface area contributed by atoms with E-state index in [2.05, 4.69) is 10.2 Å². The molecule has 1 aromatic heterocycles. The van der Waals surface area contributed by atoms with Crippen LogP contribution in [0.1, 0.15) is 31.2 Å². The van der Waals surface area contributed by atoms with E-state index in [4.69, 9.17) is 4.74 Å². The molecule has 0 radical (unpaired) electrons. The second kappa shape index (κ2) is 8.25. The summed E-state index contributed by atoms with van der Waals surface area (Å²) in [6.45, 7) is 2.06. The summed E-state index contributed by atoms with van der Waals surface area (Å²) in [5.74, 6) is 1.00. The maximum absolute atomic E-state index is 12.6. The van der Waals surface area contributed by atoms with Crippen LogP contribution in [-0.4, -0.2) is 41.2 Å². The fourth-order valence-corrected chi connectivity index (χ4v) is 3.97. The van der Waals surface area contributed by atoms with Crippen molar-refractivity contribution in [3.05, 3.63) is 35.7 Å². The van der Waals surface area contributed by atoms with Crippen LogP contribution in [-0.2, 0) is 29.4 Å². The molecular formula is C16H23N3O4S. The highest BCUT2D eigenvalue weighted by atomic mass is 32.2. The van der Waals surface area contributed by atoms with E-state index >= 15 is 0 Å². The number of benzene rings is 1. The molecule has 0 saturated heterocycles. The van der Waals surface area contributed by atoms with Crippen LogP contribution in [0.3, 0.4) is 0 Å². The van der Waals surface area contributed by atoms with Crippen molar-refractivity contribution in [2.24, 2.45) is 0 Å². The predicted molar refractivity (Wildman–Crippen MR) is 89.6 cm³/mol. The average Bonchev–Trinajstić information content (AvgIpc) is 2.99. The molecule has 0 unspecified atom stereocenters. The van der Waals surface area contributed by atoms with Crippen molar-refractivity contribution < 1.29 is 18.3 Å². The van der Waals surface area contributed by atoms with Gasteiger partial charge >= 0.3 is 0 Å². The summed E-state index contributed by atoms with van der Waals surface area (Å²) in [7, 11) is -1.96. The molecule has 2 aromatic rings. The standard InChI is InChI=1S/C16H23N3O4S/c1-3-10-19-15(12-20)17-18-16(19)24(21,22)11-6-8-13-7-4-5-9-14(13)23-2/h4-5,7,9,20H,3,6,8,10-12H2,1-2H3. The molecule has 0 saturated carbocycles.